The first-order valence-corrected chi connectivity index (χ1v) is 9.58. The topological polar surface area (TPSA) is 40.5 Å². The zero-order valence-electron chi connectivity index (χ0n) is 17.8. The van der Waals surface area contributed by atoms with Gasteiger partial charge in [-0.15, -0.1) is 0 Å². The van der Waals surface area contributed by atoms with Gasteiger partial charge in [-0.25, -0.2) is 0 Å². The molecule has 0 heterocycles. The van der Waals surface area contributed by atoms with Gasteiger partial charge in [-0.05, 0) is 91.5 Å². The standard InChI is InChI=1S/C14H22O.C10H14O/c1-6-7-8-13-11(4)9(2)10(3)12(5)14(13)15;1-10(2,3)8-4-6-9(11)7-5-8/h15H,6-8H2,1-5H3;4-7,11H,1-3H3. The molecule has 0 spiro atoms. The molecule has 0 bridgehead atoms. The van der Waals surface area contributed by atoms with Gasteiger partial charge >= 0.3 is 0 Å². The summed E-state index contributed by atoms with van der Waals surface area (Å²) in [5.74, 6) is 0.849. The Hall–Kier alpha value is -1.96. The molecule has 144 valence electrons. The highest BCUT2D eigenvalue weighted by Crippen LogP contribution is 2.32. The summed E-state index contributed by atoms with van der Waals surface area (Å²) in [6.07, 6.45) is 3.32. The average Bonchev–Trinajstić information content (AvgIpc) is 2.58. The molecule has 26 heavy (non-hydrogen) atoms. The Morgan fingerprint density at radius 3 is 1.73 bits per heavy atom. The van der Waals surface area contributed by atoms with Crippen molar-refractivity contribution in [1.29, 1.82) is 0 Å². The fourth-order valence-corrected chi connectivity index (χ4v) is 2.99. The molecule has 0 saturated heterocycles. The number of hydrogen-bond donors (Lipinski definition) is 2. The molecule has 2 nitrogen and oxygen atoms in total. The Morgan fingerprint density at radius 1 is 0.769 bits per heavy atom. The van der Waals surface area contributed by atoms with Crippen LogP contribution in [0.15, 0.2) is 24.3 Å². The van der Waals surface area contributed by atoms with E-state index in [0.717, 1.165) is 24.0 Å². The maximum Gasteiger partial charge on any atom is 0.122 e. The minimum atomic E-state index is 0.174. The van der Waals surface area contributed by atoms with Crippen LogP contribution in [0.25, 0.3) is 0 Å². The molecule has 0 saturated carbocycles. The van der Waals surface area contributed by atoms with Crippen molar-refractivity contribution in [2.45, 2.75) is 80.1 Å². The molecule has 2 rings (SSSR count). The molecular formula is C24H36O2. The summed E-state index contributed by atoms with van der Waals surface area (Å²) in [4.78, 5) is 0. The molecule has 0 aliphatic rings. The van der Waals surface area contributed by atoms with E-state index in [4.69, 9.17) is 5.11 Å². The fraction of sp³-hybridized carbons (Fsp3) is 0.500. The molecule has 0 atom stereocenters. The molecule has 2 aromatic rings. The van der Waals surface area contributed by atoms with E-state index in [1.54, 1.807) is 12.1 Å². The summed E-state index contributed by atoms with van der Waals surface area (Å²) in [5, 5.41) is 19.1. The predicted octanol–water partition coefficient (Wildman–Crippen LogP) is 6.66. The minimum absolute atomic E-state index is 0.174. The van der Waals surface area contributed by atoms with Gasteiger partial charge in [-0.3, -0.25) is 0 Å². The van der Waals surface area contributed by atoms with Crippen molar-refractivity contribution in [3.05, 3.63) is 57.6 Å². The Kier molecular flexibility index (Phi) is 7.74. The normalized spacial score (nSPS) is 11.1. The van der Waals surface area contributed by atoms with E-state index >= 15 is 0 Å². The monoisotopic (exact) mass is 356 g/mol. The van der Waals surface area contributed by atoms with E-state index in [2.05, 4.69) is 48.5 Å². The second kappa shape index (κ2) is 9.12. The van der Waals surface area contributed by atoms with Gasteiger partial charge in [0, 0.05) is 0 Å². The molecule has 0 aromatic heterocycles. The average molecular weight is 357 g/mol. The Labute approximate surface area is 159 Å². The van der Waals surface area contributed by atoms with Gasteiger partial charge in [0.05, 0.1) is 0 Å². The number of unbranched alkanes of at least 4 members (excludes halogenated alkanes) is 1. The van der Waals surface area contributed by atoms with Crippen molar-refractivity contribution in [2.75, 3.05) is 0 Å². The van der Waals surface area contributed by atoms with Crippen LogP contribution in [0.1, 0.15) is 73.9 Å². The molecule has 0 unspecified atom stereocenters. The lowest BCUT2D eigenvalue weighted by Gasteiger charge is -2.18. The van der Waals surface area contributed by atoms with Gasteiger partial charge in [0.25, 0.3) is 0 Å². The third-order valence-corrected chi connectivity index (χ3v) is 5.29. The van der Waals surface area contributed by atoms with Crippen LogP contribution in [0.3, 0.4) is 0 Å². The Bertz CT molecular complexity index is 690. The fourth-order valence-electron chi connectivity index (χ4n) is 2.99. The summed E-state index contributed by atoms with van der Waals surface area (Å²) in [6, 6.07) is 7.35. The first-order chi connectivity index (χ1) is 12.0. The highest BCUT2D eigenvalue weighted by Gasteiger charge is 2.13. The number of aromatic hydroxyl groups is 2. The molecular weight excluding hydrogens is 320 g/mol. The van der Waals surface area contributed by atoms with Crippen LogP contribution >= 0.6 is 0 Å². The lowest BCUT2D eigenvalue weighted by atomic mass is 9.87. The number of rotatable bonds is 3. The lowest BCUT2D eigenvalue weighted by molar-refractivity contribution is 0.461. The minimum Gasteiger partial charge on any atom is -0.508 e. The van der Waals surface area contributed by atoms with Crippen LogP contribution in [0.2, 0.25) is 0 Å². The zero-order chi connectivity index (χ0) is 20.1. The highest BCUT2D eigenvalue weighted by molar-refractivity contribution is 5.53. The van der Waals surface area contributed by atoms with Crippen LogP contribution in [-0.2, 0) is 11.8 Å². The number of phenols is 2. The van der Waals surface area contributed by atoms with Crippen LogP contribution in [0.5, 0.6) is 11.5 Å². The van der Waals surface area contributed by atoms with E-state index in [-0.39, 0.29) is 5.41 Å². The van der Waals surface area contributed by atoms with Crippen LogP contribution in [0, 0.1) is 27.7 Å². The largest absolute Gasteiger partial charge is 0.508 e. The molecule has 0 radical (unpaired) electrons. The summed E-state index contributed by atoms with van der Waals surface area (Å²) in [7, 11) is 0. The second-order valence-corrected chi connectivity index (χ2v) is 8.23. The third kappa shape index (κ3) is 5.52. The van der Waals surface area contributed by atoms with Crippen molar-refractivity contribution < 1.29 is 10.2 Å². The number of hydrogen-bond acceptors (Lipinski definition) is 2. The highest BCUT2D eigenvalue weighted by atomic mass is 16.3. The van der Waals surface area contributed by atoms with Gasteiger partial charge < -0.3 is 10.2 Å². The molecule has 2 N–H and O–H groups in total. The number of benzene rings is 2. The summed E-state index contributed by atoms with van der Waals surface area (Å²) in [6.45, 7) is 17.0. The molecule has 0 aliphatic heterocycles. The first-order valence-electron chi connectivity index (χ1n) is 9.58. The van der Waals surface area contributed by atoms with E-state index in [0.29, 0.717) is 11.5 Å². The number of phenolic OH excluding ortho intramolecular Hbond substituents is 2. The molecule has 0 aliphatic carbocycles. The van der Waals surface area contributed by atoms with Crippen molar-refractivity contribution in [2.24, 2.45) is 0 Å². The van der Waals surface area contributed by atoms with Crippen molar-refractivity contribution in [3.8, 4) is 11.5 Å². The van der Waals surface area contributed by atoms with Crippen LogP contribution in [-0.4, -0.2) is 10.2 Å². The van der Waals surface area contributed by atoms with Crippen LogP contribution in [0.4, 0.5) is 0 Å². The van der Waals surface area contributed by atoms with Gasteiger partial charge in [0.15, 0.2) is 0 Å². The SMILES string of the molecule is CC(C)(C)c1ccc(O)cc1.CCCCc1c(C)c(C)c(C)c(C)c1O. The maximum absolute atomic E-state index is 10.1. The predicted molar refractivity (Wildman–Crippen MR) is 112 cm³/mol. The van der Waals surface area contributed by atoms with Gasteiger partial charge in [-0.1, -0.05) is 46.2 Å². The van der Waals surface area contributed by atoms with Crippen molar-refractivity contribution >= 4 is 0 Å². The van der Waals surface area contributed by atoms with E-state index in [1.165, 1.54) is 28.7 Å². The van der Waals surface area contributed by atoms with Gasteiger partial charge in [0.2, 0.25) is 0 Å². The van der Waals surface area contributed by atoms with E-state index in [1.807, 2.05) is 19.1 Å². The Morgan fingerprint density at radius 2 is 1.27 bits per heavy atom. The molecule has 2 heteroatoms. The smallest absolute Gasteiger partial charge is 0.122 e. The van der Waals surface area contributed by atoms with E-state index < -0.39 is 0 Å². The quantitative estimate of drug-likeness (QED) is 0.645. The van der Waals surface area contributed by atoms with Crippen molar-refractivity contribution in [1.82, 2.24) is 0 Å². The van der Waals surface area contributed by atoms with Gasteiger partial charge in [-0.2, -0.15) is 0 Å². The summed E-state index contributed by atoms with van der Waals surface area (Å²) in [5.41, 5.74) is 7.44. The third-order valence-electron chi connectivity index (χ3n) is 5.29. The summed E-state index contributed by atoms with van der Waals surface area (Å²) < 4.78 is 0. The van der Waals surface area contributed by atoms with E-state index in [9.17, 15) is 5.11 Å². The second-order valence-electron chi connectivity index (χ2n) is 8.23. The maximum atomic E-state index is 10.1. The summed E-state index contributed by atoms with van der Waals surface area (Å²) >= 11 is 0. The molecule has 0 amide bonds. The van der Waals surface area contributed by atoms with Crippen LogP contribution < -0.4 is 0 Å². The Balaban J connectivity index is 0.000000273. The van der Waals surface area contributed by atoms with Gasteiger partial charge in [0.1, 0.15) is 11.5 Å². The molecule has 2 aromatic carbocycles. The van der Waals surface area contributed by atoms with Crippen molar-refractivity contribution in [3.63, 3.8) is 0 Å². The zero-order valence-corrected chi connectivity index (χ0v) is 17.8. The lowest BCUT2D eigenvalue weighted by Crippen LogP contribution is -2.10. The first kappa shape index (κ1) is 22.1. The molecule has 0 fully saturated rings.